The van der Waals surface area contributed by atoms with Gasteiger partial charge in [-0.1, -0.05) is 48.8 Å². The number of hydrazine groups is 1. The van der Waals surface area contributed by atoms with Gasteiger partial charge >= 0.3 is 6.03 Å². The minimum absolute atomic E-state index is 0.0577. The van der Waals surface area contributed by atoms with E-state index >= 15 is 0 Å². The maximum Gasteiger partial charge on any atom is 0.328 e. The van der Waals surface area contributed by atoms with Crippen LogP contribution in [0.15, 0.2) is 58.3 Å². The summed E-state index contributed by atoms with van der Waals surface area (Å²) in [7, 11) is 0. The average Bonchev–Trinajstić information content (AvgIpc) is 3.26. The number of pyridine rings is 1. The van der Waals surface area contributed by atoms with Gasteiger partial charge in [-0.25, -0.2) is 14.8 Å². The summed E-state index contributed by atoms with van der Waals surface area (Å²) in [6.07, 6.45) is 5.77. The number of carbonyl (C=O) groups is 2. The van der Waals surface area contributed by atoms with Crippen LogP contribution in [0.4, 0.5) is 4.79 Å². The summed E-state index contributed by atoms with van der Waals surface area (Å²) in [4.78, 5) is 40.6. The summed E-state index contributed by atoms with van der Waals surface area (Å²) in [5.41, 5.74) is 1.08. The van der Waals surface area contributed by atoms with Gasteiger partial charge in [-0.15, -0.1) is 0 Å². The standard InChI is InChI=1S/C28H37BrN6O3/c1-4-16-33-26(37)25-28(5-2,34(27(33)38)17-13-21-7-9-23(29)10-8-21)31-24(20-22-11-14-30-15-12-22)35(25)32(6-3)18-19-36/h7-12,14-15,25,36H,4-6,13,16-20H2,1-3H3. The van der Waals surface area contributed by atoms with E-state index in [1.54, 1.807) is 12.4 Å². The van der Waals surface area contributed by atoms with E-state index in [1.807, 2.05) is 72.1 Å². The molecular weight excluding hydrogens is 548 g/mol. The van der Waals surface area contributed by atoms with Crippen molar-refractivity contribution in [2.45, 2.75) is 58.2 Å². The molecule has 3 amide bonds. The second kappa shape index (κ2) is 12.4. The average molecular weight is 586 g/mol. The van der Waals surface area contributed by atoms with Gasteiger partial charge in [0.15, 0.2) is 11.7 Å². The van der Waals surface area contributed by atoms with E-state index in [-0.39, 0.29) is 18.5 Å². The molecule has 38 heavy (non-hydrogen) atoms. The first-order valence-corrected chi connectivity index (χ1v) is 14.2. The molecule has 1 aromatic heterocycles. The number of halogens is 1. The third-order valence-corrected chi connectivity index (χ3v) is 7.87. The Bertz CT molecular complexity index is 1150. The Morgan fingerprint density at radius 3 is 2.34 bits per heavy atom. The molecule has 1 aromatic carbocycles. The SMILES string of the molecule is CCCN1C(=O)C2N(N(CC)CCO)C(Cc3ccncc3)=NC2(CC)N(CCc2ccc(Br)cc2)C1=O. The minimum atomic E-state index is -1.04. The van der Waals surface area contributed by atoms with Gasteiger partial charge in [0.1, 0.15) is 5.84 Å². The van der Waals surface area contributed by atoms with E-state index in [0.717, 1.165) is 15.6 Å². The number of aliphatic hydroxyl groups excluding tert-OH is 1. The van der Waals surface area contributed by atoms with Crippen LogP contribution in [-0.2, 0) is 17.6 Å². The number of nitrogens with zero attached hydrogens (tertiary/aromatic N) is 6. The fourth-order valence-electron chi connectivity index (χ4n) is 5.48. The molecule has 204 valence electrons. The van der Waals surface area contributed by atoms with Crippen LogP contribution in [0, 0.1) is 0 Å². The van der Waals surface area contributed by atoms with Crippen LogP contribution >= 0.6 is 15.9 Å². The first kappa shape index (κ1) is 28.2. The Balaban J connectivity index is 1.80. The van der Waals surface area contributed by atoms with Crippen molar-refractivity contribution in [3.8, 4) is 0 Å². The van der Waals surface area contributed by atoms with E-state index in [2.05, 4.69) is 20.9 Å². The molecule has 0 saturated carbocycles. The second-order valence-electron chi connectivity index (χ2n) is 9.61. The van der Waals surface area contributed by atoms with Crippen molar-refractivity contribution < 1.29 is 14.7 Å². The minimum Gasteiger partial charge on any atom is -0.395 e. The number of amides is 3. The third kappa shape index (κ3) is 5.34. The van der Waals surface area contributed by atoms with Crippen LogP contribution in [0.25, 0.3) is 0 Å². The van der Waals surface area contributed by atoms with Crippen molar-refractivity contribution in [3.05, 3.63) is 64.4 Å². The van der Waals surface area contributed by atoms with Crippen LogP contribution in [0.2, 0.25) is 0 Å². The van der Waals surface area contributed by atoms with Gasteiger partial charge in [0.05, 0.1) is 6.61 Å². The number of fused-ring (bicyclic) bond motifs is 1. The van der Waals surface area contributed by atoms with E-state index in [9.17, 15) is 14.7 Å². The molecule has 3 heterocycles. The molecule has 2 unspecified atom stereocenters. The Kier molecular flexibility index (Phi) is 9.17. The maximum absolute atomic E-state index is 14.1. The molecule has 2 aromatic rings. The molecule has 1 saturated heterocycles. The fourth-order valence-corrected chi connectivity index (χ4v) is 5.75. The monoisotopic (exact) mass is 584 g/mol. The first-order chi connectivity index (χ1) is 18.4. The summed E-state index contributed by atoms with van der Waals surface area (Å²) in [6.45, 7) is 7.63. The topological polar surface area (TPSA) is 92.6 Å². The number of urea groups is 1. The fraction of sp³-hybridized carbons (Fsp3) is 0.500. The number of hydrogen-bond donors (Lipinski definition) is 1. The van der Waals surface area contributed by atoms with Crippen molar-refractivity contribution in [1.29, 1.82) is 0 Å². The lowest BCUT2D eigenvalue weighted by molar-refractivity contribution is -0.151. The van der Waals surface area contributed by atoms with Gasteiger partial charge in [-0.05, 0) is 54.7 Å². The van der Waals surface area contributed by atoms with Crippen LogP contribution in [0.1, 0.15) is 44.7 Å². The molecule has 0 aliphatic carbocycles. The summed E-state index contributed by atoms with van der Waals surface area (Å²) in [5.74, 6) is 0.481. The highest BCUT2D eigenvalue weighted by Gasteiger charge is 2.62. The summed E-state index contributed by atoms with van der Waals surface area (Å²) in [5, 5.41) is 13.8. The van der Waals surface area contributed by atoms with Gasteiger partial charge < -0.3 is 5.11 Å². The van der Waals surface area contributed by atoms with Crippen LogP contribution in [0.3, 0.4) is 0 Å². The molecule has 0 spiro atoms. The Morgan fingerprint density at radius 2 is 1.74 bits per heavy atom. The molecule has 2 atom stereocenters. The predicted molar refractivity (Wildman–Crippen MR) is 150 cm³/mol. The normalized spacial score (nSPS) is 21.4. The molecule has 1 N–H and O–H groups in total. The second-order valence-corrected chi connectivity index (χ2v) is 10.5. The molecule has 2 aliphatic rings. The highest BCUT2D eigenvalue weighted by atomic mass is 79.9. The van der Waals surface area contributed by atoms with Crippen LogP contribution in [-0.4, -0.2) is 92.2 Å². The Morgan fingerprint density at radius 1 is 1.03 bits per heavy atom. The third-order valence-electron chi connectivity index (χ3n) is 7.34. The number of aliphatic hydroxyl groups is 1. The number of carbonyl (C=O) groups excluding carboxylic acids is 2. The Labute approximate surface area is 233 Å². The van der Waals surface area contributed by atoms with E-state index in [0.29, 0.717) is 57.7 Å². The highest BCUT2D eigenvalue weighted by Crippen LogP contribution is 2.41. The lowest BCUT2D eigenvalue weighted by atomic mass is 9.91. The lowest BCUT2D eigenvalue weighted by Gasteiger charge is -2.51. The largest absolute Gasteiger partial charge is 0.395 e. The van der Waals surface area contributed by atoms with Crippen molar-refractivity contribution in [2.75, 3.05) is 32.8 Å². The number of aromatic nitrogens is 1. The number of imide groups is 1. The van der Waals surface area contributed by atoms with Crippen molar-refractivity contribution in [3.63, 3.8) is 0 Å². The van der Waals surface area contributed by atoms with Crippen LogP contribution < -0.4 is 0 Å². The Hall–Kier alpha value is -2.82. The quantitative estimate of drug-likeness (QED) is 0.409. The van der Waals surface area contributed by atoms with Gasteiger partial charge in [0, 0.05) is 49.5 Å². The van der Waals surface area contributed by atoms with E-state index < -0.39 is 11.7 Å². The molecule has 2 aliphatic heterocycles. The summed E-state index contributed by atoms with van der Waals surface area (Å²) in [6, 6.07) is 11.0. The van der Waals surface area contributed by atoms with E-state index in [1.165, 1.54) is 4.90 Å². The molecule has 1 fully saturated rings. The zero-order chi connectivity index (χ0) is 27.3. The maximum atomic E-state index is 14.1. The smallest absolute Gasteiger partial charge is 0.328 e. The van der Waals surface area contributed by atoms with Crippen LogP contribution in [0.5, 0.6) is 0 Å². The number of benzene rings is 1. The number of aliphatic imine (C=N–C) groups is 1. The molecule has 0 bridgehead atoms. The molecular formula is C28H37BrN6O3. The number of likely N-dealkylation sites (N-methyl/N-ethyl adjacent to an activating group) is 1. The van der Waals surface area contributed by atoms with E-state index in [4.69, 9.17) is 4.99 Å². The highest BCUT2D eigenvalue weighted by molar-refractivity contribution is 9.10. The van der Waals surface area contributed by atoms with Crippen molar-refractivity contribution >= 4 is 33.7 Å². The number of rotatable bonds is 12. The number of hydrogen-bond acceptors (Lipinski definition) is 7. The summed E-state index contributed by atoms with van der Waals surface area (Å²) < 4.78 is 1.00. The van der Waals surface area contributed by atoms with Gasteiger partial charge in [0.25, 0.3) is 5.91 Å². The first-order valence-electron chi connectivity index (χ1n) is 13.4. The zero-order valence-corrected chi connectivity index (χ0v) is 24.0. The number of amidine groups is 1. The van der Waals surface area contributed by atoms with Crippen molar-refractivity contribution in [1.82, 2.24) is 24.8 Å². The molecule has 4 rings (SSSR count). The summed E-state index contributed by atoms with van der Waals surface area (Å²) >= 11 is 3.49. The van der Waals surface area contributed by atoms with Crippen molar-refractivity contribution in [2.24, 2.45) is 4.99 Å². The van der Waals surface area contributed by atoms with Gasteiger partial charge in [-0.3, -0.25) is 24.6 Å². The molecule has 10 heteroatoms. The molecule has 9 nitrogen and oxygen atoms in total. The zero-order valence-electron chi connectivity index (χ0n) is 22.4. The lowest BCUT2D eigenvalue weighted by Crippen LogP contribution is -2.74. The van der Waals surface area contributed by atoms with Gasteiger partial charge in [0.2, 0.25) is 0 Å². The molecule has 0 radical (unpaired) electrons. The predicted octanol–water partition coefficient (Wildman–Crippen LogP) is 3.72. The van der Waals surface area contributed by atoms with Gasteiger partial charge in [-0.2, -0.15) is 0 Å².